The van der Waals surface area contributed by atoms with E-state index in [1.807, 2.05) is 0 Å². The second kappa shape index (κ2) is 4.67. The van der Waals surface area contributed by atoms with Crippen LogP contribution in [0, 0.1) is 12.7 Å². The molecule has 1 N–H and O–H groups in total. The summed E-state index contributed by atoms with van der Waals surface area (Å²) in [6.07, 6.45) is 1.32. The van der Waals surface area contributed by atoms with Crippen LogP contribution in [0.4, 0.5) is 10.1 Å². The number of aromatic nitrogens is 1. The van der Waals surface area contributed by atoms with Gasteiger partial charge in [-0.2, -0.15) is 0 Å². The first-order valence-electron chi connectivity index (χ1n) is 4.75. The van der Waals surface area contributed by atoms with Gasteiger partial charge in [0.15, 0.2) is 0 Å². The topological polar surface area (TPSA) is 55.1 Å². The van der Waals surface area contributed by atoms with E-state index in [1.165, 1.54) is 18.3 Å². The number of nitrogens with one attached hydrogen (secondary N) is 1. The van der Waals surface area contributed by atoms with Crippen LogP contribution in [0.2, 0.25) is 0 Å². The van der Waals surface area contributed by atoms with Crippen molar-refractivity contribution < 1.29 is 13.7 Å². The third kappa shape index (κ3) is 2.52. The molecule has 0 aliphatic rings. The fraction of sp³-hybridized carbons (Fsp3) is 0.0909. The van der Waals surface area contributed by atoms with Crippen LogP contribution in [0.1, 0.15) is 16.1 Å². The molecule has 17 heavy (non-hydrogen) atoms. The molecule has 0 radical (unpaired) electrons. The average Bonchev–Trinajstić information content (AvgIpc) is 2.70. The van der Waals surface area contributed by atoms with E-state index in [9.17, 15) is 9.18 Å². The molecule has 1 aromatic heterocycles. The number of benzene rings is 1. The van der Waals surface area contributed by atoms with Gasteiger partial charge in [0.1, 0.15) is 17.1 Å². The minimum Gasteiger partial charge on any atom is -0.361 e. The number of carbonyl (C=O) groups is 1. The van der Waals surface area contributed by atoms with Crippen LogP contribution >= 0.6 is 15.9 Å². The molecule has 0 fully saturated rings. The predicted octanol–water partition coefficient (Wildman–Crippen LogP) is 3.14. The number of anilines is 1. The van der Waals surface area contributed by atoms with Gasteiger partial charge in [0.25, 0.3) is 5.91 Å². The number of hydrogen-bond donors (Lipinski definition) is 1. The Hall–Kier alpha value is -1.69. The highest BCUT2D eigenvalue weighted by atomic mass is 79.9. The lowest BCUT2D eigenvalue weighted by Gasteiger charge is -2.04. The summed E-state index contributed by atoms with van der Waals surface area (Å²) < 4.78 is 18.3. The van der Waals surface area contributed by atoms with Gasteiger partial charge in [-0.25, -0.2) is 4.39 Å². The summed E-state index contributed by atoms with van der Waals surface area (Å²) in [6.45, 7) is 1.63. The highest BCUT2D eigenvalue weighted by Crippen LogP contribution is 2.20. The smallest absolute Gasteiger partial charge is 0.260 e. The molecule has 88 valence electrons. The SMILES string of the molecule is Cc1oncc1C(=O)Nc1ccc(Br)c(F)c1. The fourth-order valence-corrected chi connectivity index (χ4v) is 1.54. The summed E-state index contributed by atoms with van der Waals surface area (Å²) in [5, 5.41) is 6.05. The molecule has 0 bridgehead atoms. The lowest BCUT2D eigenvalue weighted by atomic mass is 10.2. The molecular formula is C11H8BrFN2O2. The monoisotopic (exact) mass is 298 g/mol. The van der Waals surface area contributed by atoms with Gasteiger partial charge in [-0.1, -0.05) is 5.16 Å². The average molecular weight is 299 g/mol. The molecule has 1 amide bonds. The number of hydrogen-bond acceptors (Lipinski definition) is 3. The van der Waals surface area contributed by atoms with E-state index >= 15 is 0 Å². The van der Waals surface area contributed by atoms with Crippen LogP contribution in [-0.2, 0) is 0 Å². The highest BCUT2D eigenvalue weighted by molar-refractivity contribution is 9.10. The summed E-state index contributed by atoms with van der Waals surface area (Å²) in [5.74, 6) is -0.407. The molecule has 0 atom stereocenters. The van der Waals surface area contributed by atoms with Crippen LogP contribution in [0.3, 0.4) is 0 Å². The first-order chi connectivity index (χ1) is 8.08. The van der Waals surface area contributed by atoms with E-state index < -0.39 is 5.82 Å². The molecular weight excluding hydrogens is 291 g/mol. The number of carbonyl (C=O) groups excluding carboxylic acids is 1. The van der Waals surface area contributed by atoms with Gasteiger partial charge in [0.2, 0.25) is 0 Å². The highest BCUT2D eigenvalue weighted by Gasteiger charge is 2.13. The Morgan fingerprint density at radius 3 is 2.88 bits per heavy atom. The van der Waals surface area contributed by atoms with Crippen LogP contribution in [0.25, 0.3) is 0 Å². The zero-order valence-electron chi connectivity index (χ0n) is 8.83. The third-order valence-electron chi connectivity index (χ3n) is 2.17. The lowest BCUT2D eigenvalue weighted by Crippen LogP contribution is -2.12. The van der Waals surface area contributed by atoms with E-state index in [4.69, 9.17) is 4.52 Å². The third-order valence-corrected chi connectivity index (χ3v) is 2.82. The molecule has 2 aromatic rings. The van der Waals surface area contributed by atoms with Gasteiger partial charge < -0.3 is 9.84 Å². The van der Waals surface area contributed by atoms with Gasteiger partial charge in [-0.3, -0.25) is 4.79 Å². The van der Waals surface area contributed by atoms with E-state index in [2.05, 4.69) is 26.4 Å². The van der Waals surface area contributed by atoms with Crippen molar-refractivity contribution in [1.29, 1.82) is 0 Å². The Morgan fingerprint density at radius 2 is 2.29 bits per heavy atom. The Balaban J connectivity index is 2.19. The number of aryl methyl sites for hydroxylation is 1. The Morgan fingerprint density at radius 1 is 1.53 bits per heavy atom. The Labute approximate surface area is 105 Å². The molecule has 0 spiro atoms. The number of halogens is 2. The van der Waals surface area contributed by atoms with Gasteiger partial charge in [0, 0.05) is 5.69 Å². The number of rotatable bonds is 2. The molecule has 1 aromatic carbocycles. The van der Waals surface area contributed by atoms with Crippen molar-refractivity contribution in [1.82, 2.24) is 5.16 Å². The van der Waals surface area contributed by atoms with Crippen molar-refractivity contribution in [2.45, 2.75) is 6.92 Å². The number of amides is 1. The van der Waals surface area contributed by atoms with Gasteiger partial charge in [-0.15, -0.1) is 0 Å². The first-order valence-corrected chi connectivity index (χ1v) is 5.55. The second-order valence-electron chi connectivity index (χ2n) is 3.38. The minimum atomic E-state index is -0.440. The number of nitrogens with zero attached hydrogens (tertiary/aromatic N) is 1. The van der Waals surface area contributed by atoms with Gasteiger partial charge >= 0.3 is 0 Å². The van der Waals surface area contributed by atoms with E-state index in [0.29, 0.717) is 21.5 Å². The van der Waals surface area contributed by atoms with Crippen molar-refractivity contribution >= 4 is 27.5 Å². The van der Waals surface area contributed by atoms with Crippen LogP contribution in [0.15, 0.2) is 33.4 Å². The van der Waals surface area contributed by atoms with E-state index in [0.717, 1.165) is 0 Å². The molecule has 6 heteroatoms. The first kappa shape index (κ1) is 11.8. The fourth-order valence-electron chi connectivity index (χ4n) is 1.29. The van der Waals surface area contributed by atoms with Crippen LogP contribution in [0.5, 0.6) is 0 Å². The maximum atomic E-state index is 13.2. The molecule has 4 nitrogen and oxygen atoms in total. The molecule has 0 aliphatic carbocycles. The summed E-state index contributed by atoms with van der Waals surface area (Å²) in [5.41, 5.74) is 0.699. The van der Waals surface area contributed by atoms with Gasteiger partial charge in [-0.05, 0) is 41.1 Å². The molecule has 2 rings (SSSR count). The largest absolute Gasteiger partial charge is 0.361 e. The Kier molecular flexibility index (Phi) is 3.23. The summed E-state index contributed by atoms with van der Waals surface area (Å²) in [6, 6.07) is 4.34. The van der Waals surface area contributed by atoms with Crippen LogP contribution < -0.4 is 5.32 Å². The lowest BCUT2D eigenvalue weighted by molar-refractivity contribution is 0.102. The normalized spacial score (nSPS) is 10.3. The van der Waals surface area contributed by atoms with Crippen molar-refractivity contribution in [3.05, 3.63) is 46.0 Å². The zero-order chi connectivity index (χ0) is 12.4. The van der Waals surface area contributed by atoms with Crippen LogP contribution in [-0.4, -0.2) is 11.1 Å². The summed E-state index contributed by atoms with van der Waals surface area (Å²) in [7, 11) is 0. The van der Waals surface area contributed by atoms with Crippen molar-refractivity contribution in [2.75, 3.05) is 5.32 Å². The summed E-state index contributed by atoms with van der Waals surface area (Å²) >= 11 is 3.03. The van der Waals surface area contributed by atoms with Crippen molar-refractivity contribution in [2.24, 2.45) is 0 Å². The zero-order valence-corrected chi connectivity index (χ0v) is 10.4. The molecule has 0 saturated carbocycles. The molecule has 0 saturated heterocycles. The van der Waals surface area contributed by atoms with Gasteiger partial charge in [0.05, 0.1) is 10.7 Å². The maximum absolute atomic E-state index is 13.2. The molecule has 0 unspecified atom stereocenters. The van der Waals surface area contributed by atoms with E-state index in [-0.39, 0.29) is 5.91 Å². The quantitative estimate of drug-likeness (QED) is 0.927. The molecule has 1 heterocycles. The standard InChI is InChI=1S/C11H8BrFN2O2/c1-6-8(5-14-17-6)11(16)15-7-2-3-9(12)10(13)4-7/h2-5H,1H3,(H,15,16). The minimum absolute atomic E-state index is 0.327. The van der Waals surface area contributed by atoms with Crippen molar-refractivity contribution in [3.63, 3.8) is 0 Å². The predicted molar refractivity (Wildman–Crippen MR) is 63.3 cm³/mol. The Bertz CT molecular complexity index is 568. The van der Waals surface area contributed by atoms with Crippen molar-refractivity contribution in [3.8, 4) is 0 Å². The second-order valence-corrected chi connectivity index (χ2v) is 4.23. The molecule has 0 aliphatic heterocycles. The van der Waals surface area contributed by atoms with E-state index in [1.54, 1.807) is 13.0 Å². The summed E-state index contributed by atoms with van der Waals surface area (Å²) in [4.78, 5) is 11.7. The maximum Gasteiger partial charge on any atom is 0.260 e.